The van der Waals surface area contributed by atoms with Gasteiger partial charge in [-0.15, -0.1) is 0 Å². The van der Waals surface area contributed by atoms with E-state index < -0.39 is 0 Å². The molecule has 0 bridgehead atoms. The summed E-state index contributed by atoms with van der Waals surface area (Å²) in [5.74, 6) is 0.539. The van der Waals surface area contributed by atoms with Gasteiger partial charge in [-0.05, 0) is 56.4 Å². The Morgan fingerprint density at radius 2 is 1.85 bits per heavy atom. The lowest BCUT2D eigenvalue weighted by atomic mass is 9.97. The van der Waals surface area contributed by atoms with Crippen molar-refractivity contribution in [3.8, 4) is 0 Å². The van der Waals surface area contributed by atoms with Gasteiger partial charge in [0, 0.05) is 26.7 Å². The molecule has 0 radical (unpaired) electrons. The molecule has 6 nitrogen and oxygen atoms in total. The van der Waals surface area contributed by atoms with E-state index in [1.807, 2.05) is 24.1 Å². The number of benzene rings is 1. The molecule has 2 aliphatic rings. The van der Waals surface area contributed by atoms with Gasteiger partial charge in [0.2, 0.25) is 5.91 Å². The third-order valence-corrected chi connectivity index (χ3v) is 5.59. The Labute approximate surface area is 156 Å². The van der Waals surface area contributed by atoms with Crippen molar-refractivity contribution in [2.24, 2.45) is 5.92 Å². The normalized spacial score (nSPS) is 18.3. The number of nitrogens with one attached hydrogen (secondary N) is 1. The number of nitrogens with zero attached hydrogens (tertiary/aromatic N) is 3. The average Bonchev–Trinajstić information content (AvgIpc) is 2.67. The van der Waals surface area contributed by atoms with Crippen LogP contribution in [0.1, 0.15) is 24.0 Å². The molecule has 0 aromatic heterocycles. The van der Waals surface area contributed by atoms with Gasteiger partial charge < -0.3 is 20.0 Å². The minimum Gasteiger partial charge on any atom is -0.336 e. The van der Waals surface area contributed by atoms with E-state index >= 15 is 0 Å². The number of hydrogen-bond acceptors (Lipinski definition) is 3. The Morgan fingerprint density at radius 3 is 2.58 bits per heavy atom. The van der Waals surface area contributed by atoms with Crippen LogP contribution in [0.3, 0.4) is 0 Å². The molecule has 1 N–H and O–H groups in total. The highest BCUT2D eigenvalue weighted by atomic mass is 16.2. The number of rotatable bonds is 4. The summed E-state index contributed by atoms with van der Waals surface area (Å²) in [6.45, 7) is 4.36. The fourth-order valence-corrected chi connectivity index (χ4v) is 3.82. The van der Waals surface area contributed by atoms with Crippen molar-refractivity contribution >= 4 is 11.9 Å². The number of urea groups is 1. The van der Waals surface area contributed by atoms with Gasteiger partial charge in [-0.1, -0.05) is 24.3 Å². The van der Waals surface area contributed by atoms with Crippen LogP contribution in [0, 0.1) is 5.92 Å². The smallest absolute Gasteiger partial charge is 0.317 e. The van der Waals surface area contributed by atoms with Crippen molar-refractivity contribution < 1.29 is 9.59 Å². The van der Waals surface area contributed by atoms with Crippen LogP contribution >= 0.6 is 0 Å². The van der Waals surface area contributed by atoms with Gasteiger partial charge in [0.1, 0.15) is 0 Å². The number of likely N-dealkylation sites (tertiary alicyclic amines) is 1. The highest BCUT2D eigenvalue weighted by Gasteiger charge is 2.23. The lowest BCUT2D eigenvalue weighted by Crippen LogP contribution is -2.47. The van der Waals surface area contributed by atoms with E-state index in [9.17, 15) is 9.59 Å². The second kappa shape index (κ2) is 8.54. The summed E-state index contributed by atoms with van der Waals surface area (Å²) in [5.41, 5.74) is 2.52. The zero-order chi connectivity index (χ0) is 18.5. The third kappa shape index (κ3) is 4.75. The van der Waals surface area contributed by atoms with Gasteiger partial charge in [0.25, 0.3) is 0 Å². The summed E-state index contributed by atoms with van der Waals surface area (Å²) in [6.07, 6.45) is 3.13. The van der Waals surface area contributed by atoms with E-state index in [4.69, 9.17) is 0 Å². The standard InChI is InChI=1S/C20H30N4O2/c1-22-10-7-16(8-11-22)14-23(2)20(26)21-13-19(25)24-12-9-17-5-3-4-6-18(17)15-24/h3-6,16H,7-15H2,1-2H3,(H,21,26). The Balaban J connectivity index is 1.42. The fourth-order valence-electron chi connectivity index (χ4n) is 3.82. The molecule has 0 saturated carbocycles. The number of carbonyl (C=O) groups excluding carboxylic acids is 2. The fraction of sp³-hybridized carbons (Fsp3) is 0.600. The van der Waals surface area contributed by atoms with Gasteiger partial charge in [0.05, 0.1) is 6.54 Å². The number of piperidine rings is 1. The van der Waals surface area contributed by atoms with Crippen molar-refractivity contribution in [1.82, 2.24) is 20.0 Å². The molecule has 2 heterocycles. The molecule has 1 saturated heterocycles. The van der Waals surface area contributed by atoms with Crippen molar-refractivity contribution in [3.63, 3.8) is 0 Å². The van der Waals surface area contributed by atoms with Crippen LogP contribution < -0.4 is 5.32 Å². The van der Waals surface area contributed by atoms with Crippen LogP contribution in [0.4, 0.5) is 4.79 Å². The van der Waals surface area contributed by atoms with Crippen molar-refractivity contribution in [2.75, 3.05) is 46.8 Å². The van der Waals surface area contributed by atoms with Crippen LogP contribution in [-0.2, 0) is 17.8 Å². The van der Waals surface area contributed by atoms with Crippen LogP contribution in [0.25, 0.3) is 0 Å². The highest BCUT2D eigenvalue weighted by molar-refractivity contribution is 5.84. The second-order valence-electron chi connectivity index (χ2n) is 7.62. The first kappa shape index (κ1) is 18.7. The van der Waals surface area contributed by atoms with Gasteiger partial charge in [-0.2, -0.15) is 0 Å². The molecular weight excluding hydrogens is 328 g/mol. The van der Waals surface area contributed by atoms with Crippen LogP contribution in [0.15, 0.2) is 24.3 Å². The molecule has 0 unspecified atom stereocenters. The van der Waals surface area contributed by atoms with E-state index in [-0.39, 0.29) is 18.5 Å². The largest absolute Gasteiger partial charge is 0.336 e. The summed E-state index contributed by atoms with van der Waals surface area (Å²) in [6, 6.07) is 8.08. The highest BCUT2D eigenvalue weighted by Crippen LogP contribution is 2.18. The molecule has 6 heteroatoms. The Bertz CT molecular complexity index is 640. The minimum absolute atomic E-state index is 0.0134. The molecule has 2 aliphatic heterocycles. The minimum atomic E-state index is -0.158. The number of fused-ring (bicyclic) bond motifs is 1. The molecule has 0 atom stereocenters. The van der Waals surface area contributed by atoms with Crippen molar-refractivity contribution in [2.45, 2.75) is 25.8 Å². The summed E-state index contributed by atoms with van der Waals surface area (Å²) in [5, 5.41) is 2.79. The maximum atomic E-state index is 12.4. The predicted octanol–water partition coefficient (Wildman–Crippen LogP) is 1.55. The quantitative estimate of drug-likeness (QED) is 0.889. The first-order chi connectivity index (χ1) is 12.5. The monoisotopic (exact) mass is 358 g/mol. The first-order valence-corrected chi connectivity index (χ1v) is 9.55. The molecule has 3 rings (SSSR count). The Kier molecular flexibility index (Phi) is 6.14. The van der Waals surface area contributed by atoms with Gasteiger partial charge >= 0.3 is 6.03 Å². The van der Waals surface area contributed by atoms with E-state index in [1.54, 1.807) is 4.90 Å². The van der Waals surface area contributed by atoms with E-state index in [2.05, 4.69) is 29.4 Å². The molecule has 0 aliphatic carbocycles. The summed E-state index contributed by atoms with van der Waals surface area (Å²) < 4.78 is 0. The average molecular weight is 358 g/mol. The third-order valence-electron chi connectivity index (χ3n) is 5.59. The summed E-state index contributed by atoms with van der Waals surface area (Å²) in [7, 11) is 3.95. The molecule has 3 amide bonds. The lowest BCUT2D eigenvalue weighted by Gasteiger charge is -2.32. The number of hydrogen-bond donors (Lipinski definition) is 1. The summed E-state index contributed by atoms with van der Waals surface area (Å²) in [4.78, 5) is 30.6. The predicted molar refractivity (Wildman–Crippen MR) is 102 cm³/mol. The van der Waals surface area contributed by atoms with Gasteiger partial charge in [-0.25, -0.2) is 4.79 Å². The van der Waals surface area contributed by atoms with E-state index in [0.717, 1.165) is 45.4 Å². The molecular formula is C20H30N4O2. The zero-order valence-electron chi connectivity index (χ0n) is 15.9. The zero-order valence-corrected chi connectivity index (χ0v) is 15.9. The van der Waals surface area contributed by atoms with Gasteiger partial charge in [-0.3, -0.25) is 4.79 Å². The van der Waals surface area contributed by atoms with Crippen molar-refractivity contribution in [1.29, 1.82) is 0 Å². The maximum absolute atomic E-state index is 12.4. The molecule has 1 aromatic carbocycles. The molecule has 0 spiro atoms. The summed E-state index contributed by atoms with van der Waals surface area (Å²) >= 11 is 0. The van der Waals surface area contributed by atoms with Gasteiger partial charge in [0.15, 0.2) is 0 Å². The van der Waals surface area contributed by atoms with Crippen molar-refractivity contribution in [3.05, 3.63) is 35.4 Å². The number of amides is 3. The van der Waals surface area contributed by atoms with Crippen LogP contribution in [0.2, 0.25) is 0 Å². The first-order valence-electron chi connectivity index (χ1n) is 9.55. The lowest BCUT2D eigenvalue weighted by molar-refractivity contribution is -0.131. The SMILES string of the molecule is CN1CCC(CN(C)C(=O)NCC(=O)N2CCc3ccccc3C2)CC1. The van der Waals surface area contributed by atoms with E-state index in [0.29, 0.717) is 12.5 Å². The Hall–Kier alpha value is -2.08. The maximum Gasteiger partial charge on any atom is 0.317 e. The molecule has 1 aromatic rings. The second-order valence-corrected chi connectivity index (χ2v) is 7.62. The Morgan fingerprint density at radius 1 is 1.15 bits per heavy atom. The van der Waals surface area contributed by atoms with E-state index in [1.165, 1.54) is 11.1 Å². The van der Waals surface area contributed by atoms with Crippen LogP contribution in [-0.4, -0.2) is 73.5 Å². The number of carbonyl (C=O) groups is 2. The molecule has 142 valence electrons. The van der Waals surface area contributed by atoms with Crippen LogP contribution in [0.5, 0.6) is 0 Å². The molecule has 26 heavy (non-hydrogen) atoms. The molecule has 1 fully saturated rings. The topological polar surface area (TPSA) is 55.9 Å².